The zero-order chi connectivity index (χ0) is 13.5. The van der Waals surface area contributed by atoms with Crippen molar-refractivity contribution in [3.05, 3.63) is 38.9 Å². The van der Waals surface area contributed by atoms with Crippen LogP contribution in [0, 0.1) is 10.1 Å². The first-order chi connectivity index (χ1) is 8.50. The Morgan fingerprint density at radius 3 is 2.72 bits per heavy atom. The average Bonchev–Trinajstić information content (AvgIpc) is 2.30. The monoisotopic (exact) mass is 273 g/mol. The van der Waals surface area contributed by atoms with E-state index in [4.69, 9.17) is 21.1 Å². The van der Waals surface area contributed by atoms with Gasteiger partial charge < -0.3 is 9.47 Å². The van der Waals surface area contributed by atoms with Crippen LogP contribution in [0.3, 0.4) is 0 Å². The van der Waals surface area contributed by atoms with Crippen LogP contribution >= 0.6 is 11.6 Å². The number of benzene rings is 1. The van der Waals surface area contributed by atoms with Crippen molar-refractivity contribution < 1.29 is 14.4 Å². The molecule has 1 aromatic carbocycles. The molecule has 0 bridgehead atoms. The van der Waals surface area contributed by atoms with Gasteiger partial charge in [0, 0.05) is 6.07 Å². The van der Waals surface area contributed by atoms with Crippen molar-refractivity contribution in [2.75, 3.05) is 13.2 Å². The number of halogens is 1. The molecule has 100 valence electrons. The molecule has 1 rings (SSSR count). The van der Waals surface area contributed by atoms with Gasteiger partial charge in [0.1, 0.15) is 5.02 Å². The number of hydrogen-bond donors (Lipinski definition) is 0. The summed E-state index contributed by atoms with van der Waals surface area (Å²) in [7, 11) is 0. The van der Waals surface area contributed by atoms with Gasteiger partial charge in [-0.1, -0.05) is 17.7 Å². The zero-order valence-electron chi connectivity index (χ0n) is 10.4. The largest absolute Gasteiger partial charge is 0.376 e. The van der Waals surface area contributed by atoms with Gasteiger partial charge in [0.05, 0.1) is 30.8 Å². The Morgan fingerprint density at radius 1 is 1.39 bits per heavy atom. The number of nitrogens with zero attached hydrogens (tertiary/aromatic N) is 1. The van der Waals surface area contributed by atoms with E-state index < -0.39 is 4.92 Å². The van der Waals surface area contributed by atoms with Crippen molar-refractivity contribution in [1.82, 2.24) is 0 Å². The fourth-order valence-corrected chi connectivity index (χ4v) is 1.51. The minimum atomic E-state index is -0.506. The lowest BCUT2D eigenvalue weighted by molar-refractivity contribution is -0.384. The topological polar surface area (TPSA) is 61.6 Å². The van der Waals surface area contributed by atoms with Crippen LogP contribution in [0.15, 0.2) is 18.2 Å². The molecule has 0 aliphatic carbocycles. The highest BCUT2D eigenvalue weighted by Gasteiger charge is 2.12. The predicted molar refractivity (Wildman–Crippen MR) is 68.9 cm³/mol. The van der Waals surface area contributed by atoms with Crippen molar-refractivity contribution in [3.63, 3.8) is 0 Å². The molecule has 18 heavy (non-hydrogen) atoms. The summed E-state index contributed by atoms with van der Waals surface area (Å²) < 4.78 is 10.7. The summed E-state index contributed by atoms with van der Waals surface area (Å²) in [5.74, 6) is 0. The van der Waals surface area contributed by atoms with Gasteiger partial charge in [-0.2, -0.15) is 0 Å². The number of nitro benzene ring substituents is 1. The van der Waals surface area contributed by atoms with Crippen molar-refractivity contribution >= 4 is 17.3 Å². The number of hydrogen-bond acceptors (Lipinski definition) is 4. The van der Waals surface area contributed by atoms with E-state index in [-0.39, 0.29) is 16.8 Å². The van der Waals surface area contributed by atoms with E-state index >= 15 is 0 Å². The molecular formula is C12H16ClNO4. The molecule has 0 aliphatic heterocycles. The molecule has 0 saturated heterocycles. The van der Waals surface area contributed by atoms with Crippen LogP contribution in [0.2, 0.25) is 5.02 Å². The Hall–Kier alpha value is -1.17. The van der Waals surface area contributed by atoms with Crippen molar-refractivity contribution in [1.29, 1.82) is 0 Å². The molecule has 0 saturated carbocycles. The van der Waals surface area contributed by atoms with E-state index in [1.165, 1.54) is 12.1 Å². The summed E-state index contributed by atoms with van der Waals surface area (Å²) in [6.07, 6.45) is 0.171. The average molecular weight is 274 g/mol. The minimum absolute atomic E-state index is 0.101. The third-order valence-corrected chi connectivity index (χ3v) is 2.47. The third kappa shape index (κ3) is 5.00. The zero-order valence-corrected chi connectivity index (χ0v) is 11.1. The molecule has 0 N–H and O–H groups in total. The van der Waals surface area contributed by atoms with Gasteiger partial charge in [-0.3, -0.25) is 10.1 Å². The maximum Gasteiger partial charge on any atom is 0.288 e. The van der Waals surface area contributed by atoms with Crippen molar-refractivity contribution in [2.24, 2.45) is 0 Å². The summed E-state index contributed by atoms with van der Waals surface area (Å²) in [4.78, 5) is 10.2. The molecule has 0 aromatic heterocycles. The Balaban J connectivity index is 2.43. The second-order valence-electron chi connectivity index (χ2n) is 4.02. The number of rotatable bonds is 7. The highest BCUT2D eigenvalue weighted by molar-refractivity contribution is 6.32. The molecule has 5 nitrogen and oxygen atoms in total. The van der Waals surface area contributed by atoms with Gasteiger partial charge in [0.25, 0.3) is 5.69 Å². The highest BCUT2D eigenvalue weighted by atomic mass is 35.5. The first-order valence-electron chi connectivity index (χ1n) is 5.63. The molecule has 0 unspecified atom stereocenters. The lowest BCUT2D eigenvalue weighted by Gasteiger charge is -2.08. The number of ether oxygens (including phenoxy) is 2. The summed E-state index contributed by atoms with van der Waals surface area (Å²) in [5.41, 5.74) is 0.617. The van der Waals surface area contributed by atoms with Crippen LogP contribution < -0.4 is 0 Å². The smallest absolute Gasteiger partial charge is 0.288 e. The Kier molecular flexibility index (Phi) is 6.04. The van der Waals surface area contributed by atoms with E-state index in [1.807, 2.05) is 13.8 Å². The second kappa shape index (κ2) is 7.31. The van der Waals surface area contributed by atoms with Crippen LogP contribution in [0.5, 0.6) is 0 Å². The standard InChI is InChI=1S/C12H16ClNO4/c1-9(2)18-6-5-17-8-10-3-4-11(13)12(7-10)14(15)16/h3-4,7,9H,5-6,8H2,1-2H3. The van der Waals surface area contributed by atoms with Crippen LogP contribution in [0.25, 0.3) is 0 Å². The molecular weight excluding hydrogens is 258 g/mol. The van der Waals surface area contributed by atoms with E-state index in [9.17, 15) is 10.1 Å². The lowest BCUT2D eigenvalue weighted by Crippen LogP contribution is -2.09. The Morgan fingerprint density at radius 2 is 2.11 bits per heavy atom. The quantitative estimate of drug-likeness (QED) is 0.435. The maximum atomic E-state index is 10.7. The Labute approximate surface area is 111 Å². The summed E-state index contributed by atoms with van der Waals surface area (Å²) in [6.45, 7) is 5.16. The fourth-order valence-electron chi connectivity index (χ4n) is 1.32. The van der Waals surface area contributed by atoms with E-state index in [2.05, 4.69) is 0 Å². The van der Waals surface area contributed by atoms with Crippen molar-refractivity contribution in [2.45, 2.75) is 26.6 Å². The first kappa shape index (κ1) is 14.9. The van der Waals surface area contributed by atoms with E-state index in [1.54, 1.807) is 6.07 Å². The molecule has 6 heteroatoms. The second-order valence-corrected chi connectivity index (χ2v) is 4.42. The molecule has 1 aromatic rings. The SMILES string of the molecule is CC(C)OCCOCc1ccc(Cl)c([N+](=O)[O-])c1. The Bertz CT molecular complexity index is 409. The van der Waals surface area contributed by atoms with Gasteiger partial charge >= 0.3 is 0 Å². The van der Waals surface area contributed by atoms with Gasteiger partial charge in [-0.25, -0.2) is 0 Å². The fraction of sp³-hybridized carbons (Fsp3) is 0.500. The maximum absolute atomic E-state index is 10.7. The van der Waals surface area contributed by atoms with Crippen LogP contribution in [0.1, 0.15) is 19.4 Å². The molecule has 0 spiro atoms. The normalized spacial score (nSPS) is 10.9. The molecule has 0 amide bonds. The summed E-state index contributed by atoms with van der Waals surface area (Å²) in [5, 5.41) is 10.8. The van der Waals surface area contributed by atoms with Gasteiger partial charge in [-0.05, 0) is 25.5 Å². The molecule has 0 radical (unpaired) electrons. The highest BCUT2D eigenvalue weighted by Crippen LogP contribution is 2.25. The minimum Gasteiger partial charge on any atom is -0.376 e. The van der Waals surface area contributed by atoms with Crippen LogP contribution in [-0.2, 0) is 16.1 Å². The van der Waals surface area contributed by atoms with Crippen LogP contribution in [-0.4, -0.2) is 24.2 Å². The first-order valence-corrected chi connectivity index (χ1v) is 6.00. The number of nitro groups is 1. The lowest BCUT2D eigenvalue weighted by atomic mass is 10.2. The molecule has 0 fully saturated rings. The molecule has 0 atom stereocenters. The van der Waals surface area contributed by atoms with E-state index in [0.717, 1.165) is 5.56 Å². The van der Waals surface area contributed by atoms with Gasteiger partial charge in [-0.15, -0.1) is 0 Å². The molecule has 0 aliphatic rings. The van der Waals surface area contributed by atoms with E-state index in [0.29, 0.717) is 19.8 Å². The molecule has 0 heterocycles. The predicted octanol–water partition coefficient (Wildman–Crippen LogP) is 3.19. The van der Waals surface area contributed by atoms with Crippen molar-refractivity contribution in [3.8, 4) is 0 Å². The summed E-state index contributed by atoms with van der Waals surface area (Å²) >= 11 is 5.71. The van der Waals surface area contributed by atoms with Crippen LogP contribution in [0.4, 0.5) is 5.69 Å². The third-order valence-electron chi connectivity index (χ3n) is 2.15. The summed E-state index contributed by atoms with van der Waals surface area (Å²) in [6, 6.07) is 4.63. The van der Waals surface area contributed by atoms with Gasteiger partial charge in [0.15, 0.2) is 0 Å². The van der Waals surface area contributed by atoms with Gasteiger partial charge in [0.2, 0.25) is 0 Å².